The quantitative estimate of drug-likeness (QED) is 0.499. The number of aromatic amines is 1. The number of H-pyrrole nitrogens is 1. The SMILES string of the molecule is O=C(Nc1ccc(CCBr)cc1)c1ccc([N+](=O)[O-])[nH]1. The van der Waals surface area contributed by atoms with Gasteiger partial charge in [-0.1, -0.05) is 28.1 Å². The minimum atomic E-state index is -0.578. The molecular formula is C13H12BrN3O3. The number of halogens is 1. The third-order valence-corrected chi connectivity index (χ3v) is 3.10. The zero-order valence-electron chi connectivity index (χ0n) is 10.4. The monoisotopic (exact) mass is 337 g/mol. The van der Waals surface area contributed by atoms with Crippen LogP contribution in [-0.2, 0) is 6.42 Å². The molecule has 0 unspecified atom stereocenters. The summed E-state index contributed by atoms with van der Waals surface area (Å²) in [7, 11) is 0. The van der Waals surface area contributed by atoms with Crippen LogP contribution in [0, 0.1) is 10.1 Å². The van der Waals surface area contributed by atoms with Gasteiger partial charge in [0.2, 0.25) is 0 Å². The predicted octanol–water partition coefficient (Wildman–Crippen LogP) is 3.11. The van der Waals surface area contributed by atoms with Crippen LogP contribution in [0.4, 0.5) is 11.5 Å². The topological polar surface area (TPSA) is 88.0 Å². The van der Waals surface area contributed by atoms with E-state index in [4.69, 9.17) is 0 Å². The van der Waals surface area contributed by atoms with Crippen LogP contribution in [0.2, 0.25) is 0 Å². The molecule has 0 saturated heterocycles. The van der Waals surface area contributed by atoms with Crippen molar-refractivity contribution in [3.05, 3.63) is 57.8 Å². The van der Waals surface area contributed by atoms with Gasteiger partial charge in [0.1, 0.15) is 0 Å². The minimum Gasteiger partial charge on any atom is -0.358 e. The van der Waals surface area contributed by atoms with Crippen LogP contribution in [0.25, 0.3) is 0 Å². The summed E-state index contributed by atoms with van der Waals surface area (Å²) in [5.74, 6) is -0.617. The number of hydrogen-bond acceptors (Lipinski definition) is 3. The van der Waals surface area contributed by atoms with E-state index in [1.54, 1.807) is 12.1 Å². The second-order valence-electron chi connectivity index (χ2n) is 4.10. The van der Waals surface area contributed by atoms with Gasteiger partial charge in [-0.3, -0.25) is 4.79 Å². The Morgan fingerprint density at radius 2 is 1.95 bits per heavy atom. The number of rotatable bonds is 5. The van der Waals surface area contributed by atoms with Crippen LogP contribution in [-0.4, -0.2) is 21.1 Å². The molecule has 1 aromatic carbocycles. The molecule has 20 heavy (non-hydrogen) atoms. The number of aromatic nitrogens is 1. The van der Waals surface area contributed by atoms with E-state index in [0.29, 0.717) is 5.69 Å². The van der Waals surface area contributed by atoms with Gasteiger partial charge in [-0.25, -0.2) is 4.98 Å². The molecule has 0 atom stereocenters. The van der Waals surface area contributed by atoms with Crippen molar-refractivity contribution >= 4 is 33.3 Å². The van der Waals surface area contributed by atoms with Crippen molar-refractivity contribution in [3.63, 3.8) is 0 Å². The summed E-state index contributed by atoms with van der Waals surface area (Å²) in [5.41, 5.74) is 1.96. The Bertz CT molecular complexity index is 622. The van der Waals surface area contributed by atoms with Gasteiger partial charge in [0.05, 0.1) is 0 Å². The average Bonchev–Trinajstić information content (AvgIpc) is 2.91. The zero-order chi connectivity index (χ0) is 14.5. The molecule has 0 aliphatic heterocycles. The summed E-state index contributed by atoms with van der Waals surface area (Å²) in [6, 6.07) is 10.1. The van der Waals surface area contributed by atoms with Gasteiger partial charge in [-0.15, -0.1) is 0 Å². The Morgan fingerprint density at radius 1 is 1.25 bits per heavy atom. The van der Waals surface area contributed by atoms with E-state index in [0.717, 1.165) is 17.3 Å². The van der Waals surface area contributed by atoms with Crippen molar-refractivity contribution in [3.8, 4) is 0 Å². The summed E-state index contributed by atoms with van der Waals surface area (Å²) in [6.45, 7) is 0. The number of amides is 1. The number of carbonyl (C=O) groups excluding carboxylic acids is 1. The van der Waals surface area contributed by atoms with Gasteiger partial charge in [0.25, 0.3) is 5.91 Å². The number of hydrogen-bond donors (Lipinski definition) is 2. The number of alkyl halides is 1. The average molecular weight is 338 g/mol. The molecule has 1 amide bonds. The lowest BCUT2D eigenvalue weighted by Gasteiger charge is -2.04. The Labute approximate surface area is 123 Å². The van der Waals surface area contributed by atoms with Crippen molar-refractivity contribution < 1.29 is 9.72 Å². The fourth-order valence-electron chi connectivity index (χ4n) is 1.68. The molecule has 0 aliphatic carbocycles. The van der Waals surface area contributed by atoms with Crippen LogP contribution in [0.15, 0.2) is 36.4 Å². The lowest BCUT2D eigenvalue weighted by molar-refractivity contribution is -0.389. The number of nitrogens with one attached hydrogen (secondary N) is 2. The van der Waals surface area contributed by atoms with Gasteiger partial charge >= 0.3 is 5.82 Å². The van der Waals surface area contributed by atoms with Crippen molar-refractivity contribution in [2.75, 3.05) is 10.6 Å². The van der Waals surface area contributed by atoms with Crippen molar-refractivity contribution in [2.24, 2.45) is 0 Å². The Morgan fingerprint density at radius 3 is 2.50 bits per heavy atom. The molecule has 0 fully saturated rings. The molecule has 0 aliphatic rings. The number of aryl methyl sites for hydroxylation is 1. The largest absolute Gasteiger partial charge is 0.358 e. The van der Waals surface area contributed by atoms with E-state index in [-0.39, 0.29) is 11.5 Å². The summed E-state index contributed by atoms with van der Waals surface area (Å²) in [6.07, 6.45) is 0.914. The second-order valence-corrected chi connectivity index (χ2v) is 4.90. The minimum absolute atomic E-state index is 0.154. The molecule has 2 aromatic rings. The molecule has 104 valence electrons. The van der Waals surface area contributed by atoms with E-state index >= 15 is 0 Å². The highest BCUT2D eigenvalue weighted by Gasteiger charge is 2.15. The highest BCUT2D eigenvalue weighted by Crippen LogP contribution is 2.14. The van der Waals surface area contributed by atoms with Gasteiger partial charge < -0.3 is 15.4 Å². The molecule has 0 radical (unpaired) electrons. The maximum atomic E-state index is 11.9. The predicted molar refractivity (Wildman–Crippen MR) is 79.3 cm³/mol. The van der Waals surface area contributed by atoms with Crippen molar-refractivity contribution in [1.29, 1.82) is 0 Å². The van der Waals surface area contributed by atoms with Gasteiger partial charge in [0.15, 0.2) is 5.69 Å². The number of nitro groups is 1. The van der Waals surface area contributed by atoms with E-state index in [9.17, 15) is 14.9 Å². The van der Waals surface area contributed by atoms with Crippen molar-refractivity contribution in [2.45, 2.75) is 6.42 Å². The molecule has 2 rings (SSSR count). The lowest BCUT2D eigenvalue weighted by Crippen LogP contribution is -2.12. The maximum Gasteiger partial charge on any atom is 0.321 e. The number of nitrogens with zero attached hydrogens (tertiary/aromatic N) is 1. The second kappa shape index (κ2) is 6.33. The maximum absolute atomic E-state index is 11.9. The first-order valence-corrected chi connectivity index (χ1v) is 7.02. The third-order valence-electron chi connectivity index (χ3n) is 2.71. The fourth-order valence-corrected chi connectivity index (χ4v) is 2.14. The van der Waals surface area contributed by atoms with Crippen molar-refractivity contribution in [1.82, 2.24) is 4.98 Å². The first-order chi connectivity index (χ1) is 9.60. The van der Waals surface area contributed by atoms with Crippen LogP contribution >= 0.6 is 15.9 Å². The molecule has 2 N–H and O–H groups in total. The van der Waals surface area contributed by atoms with E-state index in [2.05, 4.69) is 26.2 Å². The van der Waals surface area contributed by atoms with Gasteiger partial charge in [-0.05, 0) is 35.1 Å². The molecular weight excluding hydrogens is 326 g/mol. The van der Waals surface area contributed by atoms with E-state index in [1.807, 2.05) is 12.1 Å². The number of carbonyl (C=O) groups is 1. The van der Waals surface area contributed by atoms with Gasteiger partial charge in [-0.2, -0.15) is 0 Å². The number of benzene rings is 1. The van der Waals surface area contributed by atoms with E-state index < -0.39 is 10.8 Å². The van der Waals surface area contributed by atoms with Crippen LogP contribution in [0.3, 0.4) is 0 Å². The summed E-state index contributed by atoms with van der Waals surface area (Å²) < 4.78 is 0. The highest BCUT2D eigenvalue weighted by atomic mass is 79.9. The Balaban J connectivity index is 2.04. The summed E-state index contributed by atoms with van der Waals surface area (Å²) >= 11 is 3.36. The molecule has 1 aromatic heterocycles. The molecule has 7 heteroatoms. The van der Waals surface area contributed by atoms with E-state index in [1.165, 1.54) is 12.1 Å². The highest BCUT2D eigenvalue weighted by molar-refractivity contribution is 9.09. The van der Waals surface area contributed by atoms with Gasteiger partial charge in [0, 0.05) is 17.1 Å². The molecule has 6 nitrogen and oxygen atoms in total. The Kier molecular flexibility index (Phi) is 4.52. The molecule has 1 heterocycles. The molecule has 0 spiro atoms. The number of anilines is 1. The lowest BCUT2D eigenvalue weighted by atomic mass is 10.1. The molecule has 0 bridgehead atoms. The third kappa shape index (κ3) is 3.45. The normalized spacial score (nSPS) is 10.2. The standard InChI is InChI=1S/C13H12BrN3O3/c14-8-7-9-1-3-10(4-2-9)15-13(18)11-5-6-12(16-11)17(19)20/h1-6,16H,7-8H2,(H,15,18). The summed E-state index contributed by atoms with van der Waals surface area (Å²) in [5, 5.41) is 14.1. The first kappa shape index (κ1) is 14.3. The van der Waals surface area contributed by atoms with Crippen LogP contribution in [0.5, 0.6) is 0 Å². The summed E-state index contributed by atoms with van der Waals surface area (Å²) in [4.78, 5) is 24.3. The zero-order valence-corrected chi connectivity index (χ0v) is 12.0. The van der Waals surface area contributed by atoms with Crippen LogP contribution < -0.4 is 5.32 Å². The smallest absolute Gasteiger partial charge is 0.321 e. The fraction of sp³-hybridized carbons (Fsp3) is 0.154. The molecule has 0 saturated carbocycles. The first-order valence-electron chi connectivity index (χ1n) is 5.90. The van der Waals surface area contributed by atoms with Crippen LogP contribution in [0.1, 0.15) is 16.1 Å². The Hall–Kier alpha value is -2.15.